The van der Waals surface area contributed by atoms with Crippen LogP contribution < -0.4 is 5.32 Å². The summed E-state index contributed by atoms with van der Waals surface area (Å²) in [6.45, 7) is 1.90. The number of alkyl halides is 3. The highest BCUT2D eigenvalue weighted by atomic mass is 19.4. The first-order chi connectivity index (χ1) is 12.8. The van der Waals surface area contributed by atoms with Crippen LogP contribution in [0.1, 0.15) is 17.0 Å². The highest BCUT2D eigenvalue weighted by Crippen LogP contribution is 2.29. The van der Waals surface area contributed by atoms with Crippen molar-refractivity contribution in [3.8, 4) is 11.5 Å². The van der Waals surface area contributed by atoms with E-state index in [-0.39, 0.29) is 23.8 Å². The smallest absolute Gasteiger partial charge is 0.444 e. The lowest BCUT2D eigenvalue weighted by Gasteiger charge is -2.07. The van der Waals surface area contributed by atoms with Crippen molar-refractivity contribution in [3.05, 3.63) is 53.8 Å². The van der Waals surface area contributed by atoms with Gasteiger partial charge >= 0.3 is 18.2 Å². The predicted octanol–water partition coefficient (Wildman–Crippen LogP) is 3.60. The minimum absolute atomic E-state index is 0.0368. The Morgan fingerprint density at radius 1 is 1.26 bits per heavy atom. The second kappa shape index (κ2) is 7.40. The minimum atomic E-state index is -4.73. The van der Waals surface area contributed by atoms with Gasteiger partial charge in [-0.2, -0.15) is 18.2 Å². The van der Waals surface area contributed by atoms with Crippen LogP contribution in [0.25, 0.3) is 11.5 Å². The number of anilines is 1. The van der Waals surface area contributed by atoms with Crippen LogP contribution in [-0.2, 0) is 17.5 Å². The molecule has 0 aliphatic heterocycles. The zero-order valence-corrected chi connectivity index (χ0v) is 13.8. The Labute approximate surface area is 150 Å². The van der Waals surface area contributed by atoms with E-state index in [1.165, 1.54) is 18.3 Å². The van der Waals surface area contributed by atoms with Gasteiger partial charge in [0.05, 0.1) is 11.9 Å². The molecule has 3 rings (SSSR count). The van der Waals surface area contributed by atoms with Gasteiger partial charge in [0.2, 0.25) is 5.82 Å². The molecule has 0 radical (unpaired) electrons. The van der Waals surface area contributed by atoms with Crippen LogP contribution in [0.5, 0.6) is 0 Å². The van der Waals surface area contributed by atoms with Gasteiger partial charge in [0.15, 0.2) is 0 Å². The Bertz CT molecular complexity index is 941. The molecule has 0 saturated carbocycles. The highest BCUT2D eigenvalue weighted by molar-refractivity contribution is 5.84. The van der Waals surface area contributed by atoms with Crippen molar-refractivity contribution in [3.63, 3.8) is 0 Å². The number of aromatic nitrogens is 4. The van der Waals surface area contributed by atoms with Crippen molar-refractivity contribution in [2.45, 2.75) is 19.7 Å². The largest absolute Gasteiger partial charge is 0.471 e. The molecule has 8 nitrogen and oxygen atoms in total. The van der Waals surface area contributed by atoms with Crippen LogP contribution in [0, 0.1) is 6.92 Å². The maximum atomic E-state index is 12.5. The first kappa shape index (κ1) is 18.3. The van der Waals surface area contributed by atoms with Crippen LogP contribution in [0.3, 0.4) is 0 Å². The van der Waals surface area contributed by atoms with Gasteiger partial charge in [-0.25, -0.2) is 4.79 Å². The van der Waals surface area contributed by atoms with Crippen molar-refractivity contribution in [1.82, 2.24) is 20.1 Å². The molecule has 3 aromatic rings. The SMILES string of the molecule is Cc1cncc(COC(=O)Nc2ccc(-c3noc(C(F)(F)F)n3)nc2)c1. The topological polar surface area (TPSA) is 103 Å². The highest BCUT2D eigenvalue weighted by Gasteiger charge is 2.38. The number of halogens is 3. The molecule has 140 valence electrons. The summed E-state index contributed by atoms with van der Waals surface area (Å²) in [7, 11) is 0. The third-order valence-corrected chi connectivity index (χ3v) is 3.21. The van der Waals surface area contributed by atoms with Crippen LogP contribution >= 0.6 is 0 Å². The third-order valence-electron chi connectivity index (χ3n) is 3.21. The number of ether oxygens (including phenoxy) is 1. The number of nitrogens with zero attached hydrogens (tertiary/aromatic N) is 4. The van der Waals surface area contributed by atoms with Crippen molar-refractivity contribution < 1.29 is 27.2 Å². The van der Waals surface area contributed by atoms with Crippen molar-refractivity contribution in [1.29, 1.82) is 0 Å². The maximum absolute atomic E-state index is 12.5. The second-order valence-electron chi connectivity index (χ2n) is 5.42. The molecule has 3 aromatic heterocycles. The molecular formula is C16H12F3N5O3. The number of rotatable bonds is 4. The van der Waals surface area contributed by atoms with E-state index in [0.29, 0.717) is 0 Å². The molecule has 0 spiro atoms. The fourth-order valence-corrected chi connectivity index (χ4v) is 2.04. The third kappa shape index (κ3) is 4.77. The van der Waals surface area contributed by atoms with E-state index < -0.39 is 18.2 Å². The molecule has 1 amide bonds. The van der Waals surface area contributed by atoms with Crippen molar-refractivity contribution in [2.75, 3.05) is 5.32 Å². The van der Waals surface area contributed by atoms with Gasteiger partial charge in [0, 0.05) is 18.0 Å². The Morgan fingerprint density at radius 3 is 2.70 bits per heavy atom. The van der Waals surface area contributed by atoms with Gasteiger partial charge in [-0.05, 0) is 30.7 Å². The van der Waals surface area contributed by atoms with Crippen LogP contribution in [0.2, 0.25) is 0 Å². The van der Waals surface area contributed by atoms with Crippen molar-refractivity contribution >= 4 is 11.8 Å². The van der Waals surface area contributed by atoms with E-state index in [4.69, 9.17) is 4.74 Å². The first-order valence-corrected chi connectivity index (χ1v) is 7.53. The van der Waals surface area contributed by atoms with E-state index in [0.717, 1.165) is 11.1 Å². The summed E-state index contributed by atoms with van der Waals surface area (Å²) in [4.78, 5) is 22.9. The van der Waals surface area contributed by atoms with Crippen molar-refractivity contribution in [2.24, 2.45) is 0 Å². The number of hydrogen-bond donors (Lipinski definition) is 1. The summed E-state index contributed by atoms with van der Waals surface area (Å²) in [6.07, 6.45) is -0.961. The molecule has 0 aromatic carbocycles. The first-order valence-electron chi connectivity index (χ1n) is 7.53. The lowest BCUT2D eigenvalue weighted by Crippen LogP contribution is -2.13. The zero-order chi connectivity index (χ0) is 19.4. The van der Waals surface area contributed by atoms with Gasteiger partial charge in [0.1, 0.15) is 12.3 Å². The molecule has 0 aliphatic rings. The molecule has 0 atom stereocenters. The fraction of sp³-hybridized carbons (Fsp3) is 0.188. The number of amides is 1. The molecule has 27 heavy (non-hydrogen) atoms. The molecule has 0 aliphatic carbocycles. The Morgan fingerprint density at radius 2 is 2.07 bits per heavy atom. The normalized spacial score (nSPS) is 11.3. The Kier molecular flexibility index (Phi) is 5.01. The number of pyridine rings is 2. The summed E-state index contributed by atoms with van der Waals surface area (Å²) < 4.78 is 46.6. The van der Waals surface area contributed by atoms with Gasteiger partial charge in [-0.3, -0.25) is 15.3 Å². The summed E-state index contributed by atoms with van der Waals surface area (Å²) in [5.74, 6) is -1.78. The van der Waals surface area contributed by atoms with E-state index in [1.807, 2.05) is 13.0 Å². The molecule has 0 bridgehead atoms. The fourth-order valence-electron chi connectivity index (χ4n) is 2.04. The van der Waals surface area contributed by atoms with E-state index in [1.54, 1.807) is 12.4 Å². The lowest BCUT2D eigenvalue weighted by molar-refractivity contribution is -0.159. The number of nitrogens with one attached hydrogen (secondary N) is 1. The Hall–Kier alpha value is -3.50. The van der Waals surface area contributed by atoms with Crippen LogP contribution in [0.15, 0.2) is 41.3 Å². The predicted molar refractivity (Wildman–Crippen MR) is 85.3 cm³/mol. The lowest BCUT2D eigenvalue weighted by atomic mass is 10.2. The number of aryl methyl sites for hydroxylation is 1. The van der Waals surface area contributed by atoms with Crippen LogP contribution in [-0.4, -0.2) is 26.2 Å². The number of carbonyl (C=O) groups is 1. The average Bonchev–Trinajstić information content (AvgIpc) is 3.11. The molecule has 11 heteroatoms. The molecular weight excluding hydrogens is 367 g/mol. The summed E-state index contributed by atoms with van der Waals surface area (Å²) >= 11 is 0. The molecule has 1 N–H and O–H groups in total. The molecule has 0 unspecified atom stereocenters. The zero-order valence-electron chi connectivity index (χ0n) is 13.8. The number of hydrogen-bond acceptors (Lipinski definition) is 7. The van der Waals surface area contributed by atoms with Gasteiger partial charge in [-0.1, -0.05) is 5.16 Å². The van der Waals surface area contributed by atoms with E-state index >= 15 is 0 Å². The number of carbonyl (C=O) groups excluding carboxylic acids is 1. The van der Waals surface area contributed by atoms with Crippen LogP contribution in [0.4, 0.5) is 23.7 Å². The average molecular weight is 379 g/mol. The van der Waals surface area contributed by atoms with Gasteiger partial charge < -0.3 is 9.26 Å². The summed E-state index contributed by atoms with van der Waals surface area (Å²) in [5, 5.41) is 5.67. The maximum Gasteiger partial charge on any atom is 0.471 e. The van der Waals surface area contributed by atoms with E-state index in [2.05, 4.69) is 29.9 Å². The summed E-state index contributed by atoms with van der Waals surface area (Å²) in [6, 6.07) is 4.59. The van der Waals surface area contributed by atoms with Gasteiger partial charge in [0.25, 0.3) is 0 Å². The standard InChI is InChI=1S/C16H12F3N5O3/c1-9-4-10(6-20-5-9)8-26-15(25)22-11-2-3-12(21-7-11)13-23-14(27-24-13)16(17,18)19/h2-7H,8H2,1H3,(H,22,25). The summed E-state index contributed by atoms with van der Waals surface area (Å²) in [5.41, 5.74) is 2.01. The molecule has 0 saturated heterocycles. The minimum Gasteiger partial charge on any atom is -0.444 e. The van der Waals surface area contributed by atoms with Gasteiger partial charge in [-0.15, -0.1) is 0 Å². The monoisotopic (exact) mass is 379 g/mol. The molecule has 3 heterocycles. The Balaban J connectivity index is 1.58. The van der Waals surface area contributed by atoms with E-state index in [9.17, 15) is 18.0 Å². The second-order valence-corrected chi connectivity index (χ2v) is 5.42. The quantitative estimate of drug-likeness (QED) is 0.739. The molecule has 0 fully saturated rings.